The minimum Gasteiger partial charge on any atom is -0.472 e. The molecule has 3 heterocycles. The molecule has 6 heteroatoms. The standard InChI is InChI=1S/C11H13N3O3/c1-15-8-4-9(12-5-8)11-13-10(14-17-11)7-2-3-16-6-7/h2-3,6,8-9,12H,4-5H2,1H3. The van der Waals surface area contributed by atoms with Gasteiger partial charge in [-0.15, -0.1) is 0 Å². The Hall–Kier alpha value is -1.66. The monoisotopic (exact) mass is 235 g/mol. The number of nitrogens with zero attached hydrogens (tertiary/aromatic N) is 2. The third-order valence-electron chi connectivity index (χ3n) is 2.94. The highest BCUT2D eigenvalue weighted by Crippen LogP contribution is 2.25. The number of methoxy groups -OCH3 is 1. The van der Waals surface area contributed by atoms with Crippen LogP contribution >= 0.6 is 0 Å². The van der Waals surface area contributed by atoms with E-state index < -0.39 is 0 Å². The first-order valence-corrected chi connectivity index (χ1v) is 5.49. The van der Waals surface area contributed by atoms with Crippen LogP contribution in [0.5, 0.6) is 0 Å². The van der Waals surface area contributed by atoms with Crippen LogP contribution < -0.4 is 5.32 Å². The van der Waals surface area contributed by atoms with E-state index in [0.29, 0.717) is 11.7 Å². The van der Waals surface area contributed by atoms with E-state index in [4.69, 9.17) is 13.7 Å². The molecule has 2 aromatic rings. The first-order chi connectivity index (χ1) is 8.36. The van der Waals surface area contributed by atoms with Gasteiger partial charge in [0, 0.05) is 13.7 Å². The summed E-state index contributed by atoms with van der Waals surface area (Å²) in [7, 11) is 1.71. The summed E-state index contributed by atoms with van der Waals surface area (Å²) in [4.78, 5) is 4.35. The highest BCUT2D eigenvalue weighted by Gasteiger charge is 2.29. The Labute approximate surface area is 98.0 Å². The van der Waals surface area contributed by atoms with Crippen LogP contribution in [0.4, 0.5) is 0 Å². The van der Waals surface area contributed by atoms with E-state index in [1.807, 2.05) is 0 Å². The molecule has 0 amide bonds. The Bertz CT molecular complexity index is 480. The molecular formula is C11H13N3O3. The van der Waals surface area contributed by atoms with E-state index in [1.165, 1.54) is 0 Å². The summed E-state index contributed by atoms with van der Waals surface area (Å²) in [5, 5.41) is 7.22. The Kier molecular flexibility index (Phi) is 2.66. The summed E-state index contributed by atoms with van der Waals surface area (Å²) in [6.07, 6.45) is 4.24. The van der Waals surface area contributed by atoms with Crippen LogP contribution in [0.3, 0.4) is 0 Å². The van der Waals surface area contributed by atoms with Gasteiger partial charge in [-0.3, -0.25) is 0 Å². The zero-order chi connectivity index (χ0) is 11.7. The molecule has 1 saturated heterocycles. The van der Waals surface area contributed by atoms with Gasteiger partial charge in [0.05, 0.1) is 24.0 Å². The van der Waals surface area contributed by atoms with Gasteiger partial charge in [0.25, 0.3) is 0 Å². The van der Waals surface area contributed by atoms with Crippen molar-refractivity contribution in [2.45, 2.75) is 18.6 Å². The van der Waals surface area contributed by atoms with Crippen LogP contribution in [0.2, 0.25) is 0 Å². The highest BCUT2D eigenvalue weighted by molar-refractivity contribution is 5.51. The quantitative estimate of drug-likeness (QED) is 0.866. The maximum absolute atomic E-state index is 5.27. The maximum Gasteiger partial charge on any atom is 0.244 e. The Morgan fingerprint density at radius 3 is 3.18 bits per heavy atom. The number of hydrogen-bond acceptors (Lipinski definition) is 6. The van der Waals surface area contributed by atoms with E-state index in [2.05, 4.69) is 15.5 Å². The molecular weight excluding hydrogens is 222 g/mol. The van der Waals surface area contributed by atoms with Crippen LogP contribution in [0.15, 0.2) is 27.5 Å². The lowest BCUT2D eigenvalue weighted by molar-refractivity contribution is 0.116. The molecule has 0 radical (unpaired) electrons. The van der Waals surface area contributed by atoms with Gasteiger partial charge in [0.15, 0.2) is 0 Å². The van der Waals surface area contributed by atoms with Gasteiger partial charge in [-0.05, 0) is 12.5 Å². The van der Waals surface area contributed by atoms with Crippen molar-refractivity contribution in [3.8, 4) is 11.4 Å². The molecule has 0 aliphatic carbocycles. The van der Waals surface area contributed by atoms with Crippen molar-refractivity contribution in [1.82, 2.24) is 15.5 Å². The smallest absolute Gasteiger partial charge is 0.244 e. The molecule has 6 nitrogen and oxygen atoms in total. The third-order valence-corrected chi connectivity index (χ3v) is 2.94. The fraction of sp³-hybridized carbons (Fsp3) is 0.455. The van der Waals surface area contributed by atoms with Crippen LogP contribution in [0.1, 0.15) is 18.4 Å². The largest absolute Gasteiger partial charge is 0.472 e. The third kappa shape index (κ3) is 1.96. The molecule has 3 rings (SSSR count). The lowest BCUT2D eigenvalue weighted by Crippen LogP contribution is -2.16. The van der Waals surface area contributed by atoms with Crippen LogP contribution in [-0.2, 0) is 4.74 Å². The number of nitrogens with one attached hydrogen (secondary N) is 1. The molecule has 17 heavy (non-hydrogen) atoms. The van der Waals surface area contributed by atoms with Gasteiger partial charge in [0.1, 0.15) is 6.26 Å². The van der Waals surface area contributed by atoms with Crippen LogP contribution in [-0.4, -0.2) is 29.9 Å². The van der Waals surface area contributed by atoms with Crippen molar-refractivity contribution < 1.29 is 13.7 Å². The fourth-order valence-corrected chi connectivity index (χ4v) is 1.96. The van der Waals surface area contributed by atoms with Crippen molar-refractivity contribution in [3.05, 3.63) is 24.5 Å². The second kappa shape index (κ2) is 4.31. The minimum absolute atomic E-state index is 0.0769. The van der Waals surface area contributed by atoms with Crippen molar-refractivity contribution in [1.29, 1.82) is 0 Å². The first kappa shape index (κ1) is 10.5. The lowest BCUT2D eigenvalue weighted by Gasteiger charge is -2.04. The van der Waals surface area contributed by atoms with E-state index >= 15 is 0 Å². The Balaban J connectivity index is 1.77. The Morgan fingerprint density at radius 2 is 2.47 bits per heavy atom. The fourth-order valence-electron chi connectivity index (χ4n) is 1.96. The van der Waals surface area contributed by atoms with E-state index in [9.17, 15) is 0 Å². The van der Waals surface area contributed by atoms with Crippen molar-refractivity contribution in [3.63, 3.8) is 0 Å². The highest BCUT2D eigenvalue weighted by atomic mass is 16.5. The maximum atomic E-state index is 5.27. The van der Waals surface area contributed by atoms with Gasteiger partial charge in [0.2, 0.25) is 11.7 Å². The number of rotatable bonds is 3. The molecule has 0 bridgehead atoms. The molecule has 2 aromatic heterocycles. The van der Waals surface area contributed by atoms with Crippen molar-refractivity contribution >= 4 is 0 Å². The number of aromatic nitrogens is 2. The minimum atomic E-state index is 0.0769. The van der Waals surface area contributed by atoms with Gasteiger partial charge < -0.3 is 19.0 Å². The summed E-state index contributed by atoms with van der Waals surface area (Å²) < 4.78 is 15.5. The molecule has 0 aromatic carbocycles. The Morgan fingerprint density at radius 1 is 1.53 bits per heavy atom. The summed E-state index contributed by atoms with van der Waals surface area (Å²) >= 11 is 0. The molecule has 2 unspecified atom stereocenters. The van der Waals surface area contributed by atoms with E-state index in [0.717, 1.165) is 18.5 Å². The van der Waals surface area contributed by atoms with Crippen LogP contribution in [0, 0.1) is 0 Å². The lowest BCUT2D eigenvalue weighted by atomic mass is 10.2. The molecule has 0 spiro atoms. The summed E-state index contributed by atoms with van der Waals surface area (Å²) in [5.74, 6) is 1.15. The molecule has 1 N–H and O–H groups in total. The van der Waals surface area contributed by atoms with E-state index in [1.54, 1.807) is 25.7 Å². The molecule has 0 saturated carbocycles. The number of hydrogen-bond donors (Lipinski definition) is 1. The van der Waals surface area contributed by atoms with Gasteiger partial charge in [-0.25, -0.2) is 0 Å². The average molecular weight is 235 g/mol. The predicted molar refractivity (Wildman–Crippen MR) is 58.2 cm³/mol. The summed E-state index contributed by atoms with van der Waals surface area (Å²) in [6, 6.07) is 1.88. The summed E-state index contributed by atoms with van der Waals surface area (Å²) in [6.45, 7) is 0.810. The molecule has 1 aliphatic rings. The van der Waals surface area contributed by atoms with Gasteiger partial charge >= 0.3 is 0 Å². The van der Waals surface area contributed by atoms with Gasteiger partial charge in [-0.2, -0.15) is 4.98 Å². The molecule has 2 atom stereocenters. The predicted octanol–water partition coefficient (Wildman–Crippen LogP) is 1.38. The van der Waals surface area contributed by atoms with Crippen molar-refractivity contribution in [2.75, 3.05) is 13.7 Å². The van der Waals surface area contributed by atoms with Gasteiger partial charge in [-0.1, -0.05) is 5.16 Å². The average Bonchev–Trinajstić information content (AvgIpc) is 3.09. The molecule has 1 aliphatic heterocycles. The zero-order valence-electron chi connectivity index (χ0n) is 9.42. The zero-order valence-corrected chi connectivity index (χ0v) is 9.42. The number of ether oxygens (including phenoxy) is 1. The summed E-state index contributed by atoms with van der Waals surface area (Å²) in [5.41, 5.74) is 0.821. The first-order valence-electron chi connectivity index (χ1n) is 5.49. The van der Waals surface area contributed by atoms with Crippen molar-refractivity contribution in [2.24, 2.45) is 0 Å². The molecule has 90 valence electrons. The normalized spacial score (nSPS) is 24.3. The number of furan rings is 1. The SMILES string of the molecule is COC1CNC(c2nc(-c3ccoc3)no2)C1. The second-order valence-electron chi connectivity index (χ2n) is 4.02. The molecule has 1 fully saturated rings. The second-order valence-corrected chi connectivity index (χ2v) is 4.02. The van der Waals surface area contributed by atoms with Crippen LogP contribution in [0.25, 0.3) is 11.4 Å². The van der Waals surface area contributed by atoms with E-state index in [-0.39, 0.29) is 12.1 Å². The topological polar surface area (TPSA) is 73.3 Å².